The van der Waals surface area contributed by atoms with Gasteiger partial charge < -0.3 is 25.6 Å². The van der Waals surface area contributed by atoms with Crippen LogP contribution in [0.4, 0.5) is 0 Å². The van der Waals surface area contributed by atoms with Gasteiger partial charge in [-0.05, 0) is 67.3 Å². The largest absolute Gasteiger partial charge is 0.481 e. The number of amides is 3. The van der Waals surface area contributed by atoms with E-state index in [-0.39, 0.29) is 31.6 Å². The Labute approximate surface area is 293 Å². The zero-order chi connectivity index (χ0) is 35.3. The first kappa shape index (κ1) is 37.2. The van der Waals surface area contributed by atoms with E-state index in [1.54, 1.807) is 11.1 Å². The predicted octanol–water partition coefficient (Wildman–Crippen LogP) is 6.76. The highest BCUT2D eigenvalue weighted by Crippen LogP contribution is 2.25. The Balaban J connectivity index is 1.63. The number of nitrogens with one attached hydrogen (secondary N) is 1. The lowest BCUT2D eigenvalue weighted by atomic mass is 9.97. The van der Waals surface area contributed by atoms with Gasteiger partial charge in [0.25, 0.3) is 5.91 Å². The first-order valence-electron chi connectivity index (χ1n) is 17.1. The van der Waals surface area contributed by atoms with E-state index in [0.717, 1.165) is 35.9 Å². The maximum absolute atomic E-state index is 14.4. The number of hydrogen-bond acceptors (Lipinski definition) is 4. The Morgan fingerprint density at radius 2 is 1.61 bits per heavy atom. The van der Waals surface area contributed by atoms with E-state index in [1.165, 1.54) is 5.56 Å². The molecule has 0 saturated carbocycles. The molecule has 0 fully saturated rings. The Morgan fingerprint density at radius 3 is 2.29 bits per heavy atom. The van der Waals surface area contributed by atoms with E-state index >= 15 is 0 Å². The fraction of sp³-hybridized carbons (Fsp3) is 0.385. The smallest absolute Gasteiger partial charge is 0.303 e. The van der Waals surface area contributed by atoms with Gasteiger partial charge in [-0.2, -0.15) is 0 Å². The summed E-state index contributed by atoms with van der Waals surface area (Å²) in [5, 5.41) is 13.6. The van der Waals surface area contributed by atoms with Crippen LogP contribution >= 0.6 is 11.6 Å². The summed E-state index contributed by atoms with van der Waals surface area (Å²) in [6, 6.07) is 21.7. The number of carbonyl (C=O) groups is 4. The first-order chi connectivity index (χ1) is 23.6. The maximum Gasteiger partial charge on any atom is 0.303 e. The summed E-state index contributed by atoms with van der Waals surface area (Å²) in [6.07, 6.45) is 6.06. The van der Waals surface area contributed by atoms with Gasteiger partial charge in [-0.1, -0.05) is 92.5 Å². The number of hydrogen-bond donors (Lipinski definition) is 3. The third kappa shape index (κ3) is 10.4. The molecule has 1 aromatic heterocycles. The normalized spacial score (nSPS) is 12.4. The molecule has 0 spiro atoms. The fourth-order valence-electron chi connectivity index (χ4n) is 6.25. The van der Waals surface area contributed by atoms with Crippen LogP contribution in [0.25, 0.3) is 10.9 Å². The van der Waals surface area contributed by atoms with Crippen LogP contribution in [0.15, 0.2) is 79.0 Å². The van der Waals surface area contributed by atoms with E-state index in [2.05, 4.69) is 24.4 Å². The number of aryl methyl sites for hydroxylation is 1. The number of primary amides is 1. The van der Waals surface area contributed by atoms with E-state index in [0.29, 0.717) is 41.9 Å². The summed E-state index contributed by atoms with van der Waals surface area (Å²) < 4.78 is 1.95. The number of nitrogens with two attached hydrogens (primary N) is 1. The number of nitrogens with zero attached hydrogens (tertiary/aromatic N) is 2. The van der Waals surface area contributed by atoms with Crippen molar-refractivity contribution < 1.29 is 24.3 Å². The summed E-state index contributed by atoms with van der Waals surface area (Å²) >= 11 is 6.45. The van der Waals surface area contributed by atoms with Gasteiger partial charge >= 0.3 is 5.97 Å². The molecule has 0 aliphatic rings. The topological polar surface area (TPSA) is 135 Å². The maximum atomic E-state index is 14.4. The van der Waals surface area contributed by atoms with Crippen molar-refractivity contribution in [3.8, 4) is 0 Å². The van der Waals surface area contributed by atoms with Gasteiger partial charge in [0.1, 0.15) is 6.04 Å². The molecular weight excluding hydrogens is 640 g/mol. The van der Waals surface area contributed by atoms with Crippen LogP contribution in [0.1, 0.15) is 85.8 Å². The van der Waals surface area contributed by atoms with E-state index in [4.69, 9.17) is 17.3 Å². The van der Waals surface area contributed by atoms with Crippen LogP contribution < -0.4 is 11.1 Å². The van der Waals surface area contributed by atoms with Gasteiger partial charge in [0, 0.05) is 54.1 Å². The fourth-order valence-corrected chi connectivity index (χ4v) is 6.45. The Kier molecular flexibility index (Phi) is 13.8. The molecule has 2 atom stereocenters. The molecule has 4 aromatic rings. The number of rotatable bonds is 19. The van der Waals surface area contributed by atoms with Crippen molar-refractivity contribution in [1.82, 2.24) is 14.8 Å². The van der Waals surface area contributed by atoms with Gasteiger partial charge in [-0.25, -0.2) is 0 Å². The molecule has 3 aromatic carbocycles. The molecule has 10 heteroatoms. The molecule has 1 heterocycles. The molecule has 0 saturated heterocycles. The number of unbranched alkanes of at least 4 members (excludes halogenated alkanes) is 1. The molecular formula is C39H47ClN4O5. The highest BCUT2D eigenvalue weighted by molar-refractivity contribution is 6.31. The van der Waals surface area contributed by atoms with Crippen LogP contribution in [-0.4, -0.2) is 56.9 Å². The van der Waals surface area contributed by atoms with Crippen LogP contribution in [0.2, 0.25) is 5.02 Å². The zero-order valence-corrected chi connectivity index (χ0v) is 29.1. The summed E-state index contributed by atoms with van der Waals surface area (Å²) in [6.45, 7) is 4.87. The number of carboxylic acid groups (broad SMARTS) is 1. The van der Waals surface area contributed by atoms with Gasteiger partial charge in [0.15, 0.2) is 0 Å². The summed E-state index contributed by atoms with van der Waals surface area (Å²) in [5.41, 5.74) is 10.0. The Morgan fingerprint density at radius 1 is 0.918 bits per heavy atom. The average Bonchev–Trinajstić information content (AvgIpc) is 3.45. The van der Waals surface area contributed by atoms with Gasteiger partial charge in [0.05, 0.1) is 5.56 Å². The van der Waals surface area contributed by atoms with E-state index in [9.17, 15) is 24.3 Å². The third-order valence-electron chi connectivity index (χ3n) is 8.76. The van der Waals surface area contributed by atoms with Crippen molar-refractivity contribution in [2.75, 3.05) is 6.54 Å². The van der Waals surface area contributed by atoms with Crippen molar-refractivity contribution in [3.05, 3.63) is 106 Å². The summed E-state index contributed by atoms with van der Waals surface area (Å²) in [7, 11) is 0. The molecule has 0 aliphatic carbocycles. The number of benzene rings is 3. The van der Waals surface area contributed by atoms with E-state index in [1.807, 2.05) is 72.2 Å². The van der Waals surface area contributed by atoms with Crippen LogP contribution in [-0.2, 0) is 33.8 Å². The number of para-hydroxylation sites is 1. The monoisotopic (exact) mass is 686 g/mol. The summed E-state index contributed by atoms with van der Waals surface area (Å²) in [5.74, 6) is -2.34. The Bertz CT molecular complexity index is 1740. The highest BCUT2D eigenvalue weighted by atomic mass is 35.5. The predicted molar refractivity (Wildman–Crippen MR) is 194 cm³/mol. The molecule has 260 valence electrons. The van der Waals surface area contributed by atoms with Gasteiger partial charge in [-0.3, -0.25) is 19.2 Å². The molecule has 4 N–H and O–H groups in total. The SMILES string of the molecule is CCCCc1ccc(C[C@@H](CC(N)=O)N(CCC)C(=O)[C@H](CCCC(=O)O)NC(=O)c2cn(Cc3ccccc3Cl)c3ccccc23)cc1. The zero-order valence-electron chi connectivity index (χ0n) is 28.4. The lowest BCUT2D eigenvalue weighted by molar-refractivity contribution is -0.139. The lowest BCUT2D eigenvalue weighted by Crippen LogP contribution is -2.53. The van der Waals surface area contributed by atoms with Crippen molar-refractivity contribution >= 4 is 46.2 Å². The molecule has 49 heavy (non-hydrogen) atoms. The van der Waals surface area contributed by atoms with Gasteiger partial charge in [0.2, 0.25) is 11.8 Å². The number of carboxylic acids is 1. The molecule has 3 amide bonds. The molecule has 0 bridgehead atoms. The highest BCUT2D eigenvalue weighted by Gasteiger charge is 2.32. The third-order valence-corrected chi connectivity index (χ3v) is 9.13. The second-order valence-electron chi connectivity index (χ2n) is 12.6. The molecule has 4 rings (SSSR count). The molecule has 0 unspecified atom stereocenters. The van der Waals surface area contributed by atoms with Crippen molar-refractivity contribution in [2.24, 2.45) is 5.73 Å². The number of fused-ring (bicyclic) bond motifs is 1. The van der Waals surface area contributed by atoms with Crippen molar-refractivity contribution in [1.29, 1.82) is 0 Å². The number of aromatic nitrogens is 1. The first-order valence-corrected chi connectivity index (χ1v) is 17.5. The van der Waals surface area contributed by atoms with E-state index < -0.39 is 29.9 Å². The van der Waals surface area contributed by atoms with Crippen molar-refractivity contribution in [3.63, 3.8) is 0 Å². The number of carbonyl (C=O) groups excluding carboxylic acids is 3. The van der Waals surface area contributed by atoms with Crippen LogP contribution in [0, 0.1) is 0 Å². The quantitative estimate of drug-likeness (QED) is 0.100. The molecule has 9 nitrogen and oxygen atoms in total. The average molecular weight is 687 g/mol. The van der Waals surface area contributed by atoms with Crippen LogP contribution in [0.3, 0.4) is 0 Å². The number of aliphatic carboxylic acids is 1. The second-order valence-corrected chi connectivity index (χ2v) is 13.0. The molecule has 0 radical (unpaired) electrons. The second kappa shape index (κ2) is 18.2. The van der Waals surface area contributed by atoms with Crippen LogP contribution in [0.5, 0.6) is 0 Å². The standard InChI is InChI=1S/C39H47ClN4O5/c1-3-5-11-27-18-20-28(21-19-27)23-30(24-36(41)45)44(22-4-2)39(49)34(15-10-17-37(46)47)42-38(48)32-26-43(35-16-9-7-13-31(32)35)25-29-12-6-8-14-33(29)40/h6-9,12-14,16,18-21,26,30,34H,3-5,10-11,15,17,22-25H2,1-2H3,(H2,41,45)(H,42,48)(H,46,47)/t30-,34-/m0/s1. The minimum atomic E-state index is -1.02. The number of halogens is 1. The minimum absolute atomic E-state index is 0.0470. The lowest BCUT2D eigenvalue weighted by Gasteiger charge is -2.34. The minimum Gasteiger partial charge on any atom is -0.481 e. The van der Waals surface area contributed by atoms with Gasteiger partial charge in [-0.15, -0.1) is 0 Å². The molecule has 0 aliphatic heterocycles. The Hall–Kier alpha value is -4.63. The summed E-state index contributed by atoms with van der Waals surface area (Å²) in [4.78, 5) is 53.8. The van der Waals surface area contributed by atoms with Crippen molar-refractivity contribution in [2.45, 2.75) is 90.3 Å².